The van der Waals surface area contributed by atoms with Crippen LogP contribution in [-0.4, -0.2) is 95.5 Å². The van der Waals surface area contributed by atoms with Crippen LogP contribution in [0.3, 0.4) is 0 Å². The van der Waals surface area contributed by atoms with Crippen LogP contribution in [0.5, 0.6) is 34.5 Å². The van der Waals surface area contributed by atoms with Crippen molar-refractivity contribution in [1.29, 1.82) is 0 Å². The molecule has 0 aliphatic carbocycles. The Balaban J connectivity index is 0.000000169. The van der Waals surface area contributed by atoms with Crippen molar-refractivity contribution >= 4 is 64.9 Å². The Bertz CT molecular complexity index is 3050. The molecule has 10 rings (SSSR count). The molecule has 4 aliphatic rings. The number of aldehydes is 1. The lowest BCUT2D eigenvalue weighted by Gasteiger charge is -2.54. The molecule has 13 nitrogen and oxygen atoms in total. The molecule has 23 heteroatoms. The van der Waals surface area contributed by atoms with Crippen molar-refractivity contribution in [3.63, 3.8) is 0 Å². The minimum atomic E-state index is -4.56. The van der Waals surface area contributed by atoms with E-state index in [4.69, 9.17) is 65.4 Å². The van der Waals surface area contributed by atoms with E-state index in [1.165, 1.54) is 9.80 Å². The number of pyridine rings is 2. The van der Waals surface area contributed by atoms with Gasteiger partial charge in [0.1, 0.15) is 23.0 Å². The van der Waals surface area contributed by atoms with Crippen LogP contribution in [-0.2, 0) is 18.9 Å². The Morgan fingerprint density at radius 3 is 1.47 bits per heavy atom. The smallest absolute Gasteiger partial charge is 0.418 e. The lowest BCUT2D eigenvalue weighted by molar-refractivity contribution is -0.138. The highest BCUT2D eigenvalue weighted by molar-refractivity contribution is 6.35. The number of para-hydroxylation sites is 2. The summed E-state index contributed by atoms with van der Waals surface area (Å²) in [5.41, 5.74) is -0.189. The number of carbonyl (C=O) groups excluding carboxylic acids is 3. The molecule has 0 saturated carbocycles. The van der Waals surface area contributed by atoms with Gasteiger partial charge in [-0.15, -0.1) is 0 Å². The van der Waals surface area contributed by atoms with Crippen molar-refractivity contribution in [2.24, 2.45) is 10.8 Å². The molecule has 2 amide bonds. The van der Waals surface area contributed by atoms with Crippen LogP contribution >= 0.6 is 46.4 Å². The molecule has 4 aromatic carbocycles. The van der Waals surface area contributed by atoms with Gasteiger partial charge in [-0.3, -0.25) is 19.7 Å². The number of hydrogen-bond donors (Lipinski definition) is 1. The molecule has 4 saturated heterocycles. The molecule has 1 N–H and O–H groups in total. The summed E-state index contributed by atoms with van der Waals surface area (Å²) in [5, 5.41) is 5.03. The highest BCUT2D eigenvalue weighted by Gasteiger charge is 2.46. The minimum Gasteiger partial charge on any atom is -0.454 e. The molecule has 406 valence electrons. The van der Waals surface area contributed by atoms with Crippen LogP contribution < -0.4 is 24.3 Å². The first-order chi connectivity index (χ1) is 36.7. The molecule has 2 spiro atoms. The standard InChI is InChI=1S/C27H24Cl2F3N3O3.C14H16F3N3O2.C13H8Cl2O2/c28-21-5-1-2-6-22(21)38-23-7-3-4-18(24(23)29)15-34-16-26(17-34)8-10-35(11-9-26)25(36)37-20-12-19(13-33-14-20)27(30,31)32;15-14(16,17)10-5-11(7-18-6-10)22-12(21)20-3-1-13(2-4-20)8-19-9-13;14-10-5-1-2-6-11(10)17-12-7-3-4-9(8-16)13(12)15/h1-7,12-14H,8-11,15-17H2;5-7,19H,1-4,8-9H2;1-8H. The Morgan fingerprint density at radius 1 is 0.584 bits per heavy atom. The molecule has 2 aromatic heterocycles. The largest absolute Gasteiger partial charge is 0.454 e. The number of nitrogens with zero attached hydrogens (tertiary/aromatic N) is 5. The summed E-state index contributed by atoms with van der Waals surface area (Å²) in [7, 11) is 0. The van der Waals surface area contributed by atoms with Crippen LogP contribution in [0.2, 0.25) is 20.1 Å². The summed E-state index contributed by atoms with van der Waals surface area (Å²) >= 11 is 24.8. The number of ether oxygens (including phenoxy) is 4. The van der Waals surface area contributed by atoms with E-state index in [0.29, 0.717) is 95.0 Å². The van der Waals surface area contributed by atoms with Gasteiger partial charge in [0.2, 0.25) is 0 Å². The van der Waals surface area contributed by atoms with E-state index in [0.717, 1.165) is 82.0 Å². The normalized spacial score (nSPS) is 16.6. The van der Waals surface area contributed by atoms with Crippen LogP contribution in [0.25, 0.3) is 0 Å². The van der Waals surface area contributed by atoms with E-state index in [-0.39, 0.29) is 27.4 Å². The summed E-state index contributed by atoms with van der Waals surface area (Å²) < 4.78 is 98.1. The van der Waals surface area contributed by atoms with Gasteiger partial charge in [0, 0.05) is 76.9 Å². The number of benzene rings is 4. The predicted molar refractivity (Wildman–Crippen MR) is 276 cm³/mol. The third kappa shape index (κ3) is 14.6. The fourth-order valence-electron chi connectivity index (χ4n) is 9.07. The Hall–Kier alpha value is -6.35. The van der Waals surface area contributed by atoms with Gasteiger partial charge in [-0.1, -0.05) is 88.9 Å². The van der Waals surface area contributed by atoms with E-state index < -0.39 is 35.7 Å². The monoisotopic (exact) mass is 1150 g/mol. The first-order valence-electron chi connectivity index (χ1n) is 24.0. The third-order valence-corrected chi connectivity index (χ3v) is 14.9. The number of hydrogen-bond acceptors (Lipinski definition) is 11. The second-order valence-electron chi connectivity index (χ2n) is 18.8. The van der Waals surface area contributed by atoms with E-state index in [2.05, 4.69) is 20.2 Å². The fraction of sp³-hybridized carbons (Fsp3) is 0.315. The number of halogens is 10. The van der Waals surface area contributed by atoms with Crippen LogP contribution in [0, 0.1) is 10.8 Å². The summed E-state index contributed by atoms with van der Waals surface area (Å²) in [5.74, 6) is 1.56. The van der Waals surface area contributed by atoms with Crippen molar-refractivity contribution in [1.82, 2.24) is 30.0 Å². The number of rotatable bonds is 9. The molecule has 0 atom stereocenters. The van der Waals surface area contributed by atoms with Gasteiger partial charge in [0.05, 0.1) is 43.6 Å². The van der Waals surface area contributed by atoms with E-state index in [1.54, 1.807) is 60.7 Å². The maximum absolute atomic E-state index is 12.9. The summed E-state index contributed by atoms with van der Waals surface area (Å²) in [6.45, 7) is 6.38. The van der Waals surface area contributed by atoms with Gasteiger partial charge in [0.15, 0.2) is 17.8 Å². The van der Waals surface area contributed by atoms with Gasteiger partial charge < -0.3 is 34.1 Å². The highest BCUT2D eigenvalue weighted by atomic mass is 35.5. The van der Waals surface area contributed by atoms with Gasteiger partial charge in [-0.05, 0) is 96.7 Å². The molecule has 6 aromatic rings. The summed E-state index contributed by atoms with van der Waals surface area (Å²) in [6, 6.07) is 26.5. The lowest BCUT2D eigenvalue weighted by atomic mass is 9.72. The molecule has 4 fully saturated rings. The number of carbonyl (C=O) groups is 3. The van der Waals surface area contributed by atoms with Crippen LogP contribution in [0.1, 0.15) is 52.7 Å². The van der Waals surface area contributed by atoms with Crippen molar-refractivity contribution in [3.05, 3.63) is 164 Å². The maximum atomic E-state index is 12.9. The number of alkyl halides is 6. The minimum absolute atomic E-state index is 0.0900. The SMILES string of the molecule is O=C(Oc1cncc(C(F)(F)F)c1)N1CCC2(CC1)CN(Cc1cccc(Oc3ccccc3Cl)c1Cl)C2.O=C(Oc1cncc(C(F)(F)F)c1)N1CCC2(CC1)CNC2.O=Cc1cccc(Oc2ccccc2Cl)c1Cl. The average molecular weight is 1150 g/mol. The lowest BCUT2D eigenvalue weighted by Crippen LogP contribution is -2.60. The first kappa shape index (κ1) is 56.8. The van der Waals surface area contributed by atoms with Crippen molar-refractivity contribution in [2.45, 2.75) is 44.6 Å². The highest BCUT2D eigenvalue weighted by Crippen LogP contribution is 2.44. The molecule has 0 radical (unpaired) electrons. The average Bonchev–Trinajstić information content (AvgIpc) is 3.40. The van der Waals surface area contributed by atoms with Gasteiger partial charge in [-0.2, -0.15) is 26.3 Å². The topological polar surface area (TPSA) is 136 Å². The van der Waals surface area contributed by atoms with Gasteiger partial charge in [0.25, 0.3) is 0 Å². The Kier molecular flexibility index (Phi) is 18.1. The number of nitrogens with one attached hydrogen (secondary N) is 1. The molecule has 0 unspecified atom stereocenters. The quantitative estimate of drug-likeness (QED) is 0.109. The first-order valence-corrected chi connectivity index (χ1v) is 25.5. The molecular formula is C54H48Cl4F6N6O7. The second-order valence-corrected chi connectivity index (χ2v) is 20.4. The van der Waals surface area contributed by atoms with Crippen LogP contribution in [0.15, 0.2) is 122 Å². The number of piperidine rings is 2. The molecule has 4 aliphatic heterocycles. The van der Waals surface area contributed by atoms with Crippen molar-refractivity contribution in [2.75, 3.05) is 52.4 Å². The number of aromatic nitrogens is 2. The maximum Gasteiger partial charge on any atom is 0.418 e. The van der Waals surface area contributed by atoms with Crippen LogP contribution in [0.4, 0.5) is 35.9 Å². The zero-order chi connectivity index (χ0) is 55.0. The van der Waals surface area contributed by atoms with E-state index in [9.17, 15) is 40.7 Å². The third-order valence-electron chi connectivity index (χ3n) is 13.4. The molecule has 77 heavy (non-hydrogen) atoms. The summed E-state index contributed by atoms with van der Waals surface area (Å²) in [6.07, 6.45) is -2.75. The zero-order valence-electron chi connectivity index (χ0n) is 40.7. The van der Waals surface area contributed by atoms with E-state index in [1.807, 2.05) is 24.3 Å². The predicted octanol–water partition coefficient (Wildman–Crippen LogP) is 14.2. The molecule has 6 heterocycles. The second kappa shape index (κ2) is 24.5. The molecule has 0 bridgehead atoms. The number of amides is 2. The number of likely N-dealkylation sites (tertiary alicyclic amines) is 3. The van der Waals surface area contributed by atoms with Gasteiger partial charge in [-0.25, -0.2) is 9.59 Å². The van der Waals surface area contributed by atoms with Gasteiger partial charge >= 0.3 is 24.5 Å². The van der Waals surface area contributed by atoms with Crippen molar-refractivity contribution in [3.8, 4) is 34.5 Å². The zero-order valence-corrected chi connectivity index (χ0v) is 43.7. The van der Waals surface area contributed by atoms with E-state index >= 15 is 0 Å². The van der Waals surface area contributed by atoms with Crippen molar-refractivity contribution < 1.29 is 59.7 Å². The summed E-state index contributed by atoms with van der Waals surface area (Å²) in [4.78, 5) is 47.6. The molecular weight excluding hydrogens is 1100 g/mol. The fourth-order valence-corrected chi connectivity index (χ4v) is 9.85. The Labute approximate surface area is 458 Å². The Morgan fingerprint density at radius 2 is 1.03 bits per heavy atom.